The molecule has 0 aliphatic heterocycles. The van der Waals surface area contributed by atoms with E-state index in [0.29, 0.717) is 85.8 Å². The second-order valence-corrected chi connectivity index (χ2v) is 6.24. The first-order chi connectivity index (χ1) is 15.7. The third-order valence-corrected chi connectivity index (χ3v) is 3.76. The number of hydrogen-bond donors (Lipinski definition) is 3. The maximum atomic E-state index is 10.4. The molecule has 0 aliphatic rings. The minimum atomic E-state index is -0.868. The molecular formula is C21H47N3O8. The van der Waals surface area contributed by atoms with Crippen molar-refractivity contribution in [3.8, 4) is 0 Å². The summed E-state index contributed by atoms with van der Waals surface area (Å²) in [5, 5.41) is 8.54. The number of carboxylic acids is 1. The van der Waals surface area contributed by atoms with E-state index in [2.05, 4.69) is 4.90 Å². The molecule has 0 bridgehead atoms. The molecule has 0 aromatic heterocycles. The van der Waals surface area contributed by atoms with E-state index in [4.69, 9.17) is 45.0 Å². The maximum absolute atomic E-state index is 10.4. The fraction of sp³-hybridized carbons (Fsp3) is 0.952. The summed E-state index contributed by atoms with van der Waals surface area (Å²) in [6, 6.07) is 0. The molecule has 0 radical (unpaired) electrons. The van der Waals surface area contributed by atoms with Crippen LogP contribution in [0, 0.1) is 0 Å². The van der Waals surface area contributed by atoms with E-state index in [1.807, 2.05) is 13.8 Å². The monoisotopic (exact) mass is 469 g/mol. The first-order valence-electron chi connectivity index (χ1n) is 11.5. The standard InChI is InChI=1S/C19H41N3O8.C2H6/c20-2-8-26-14-17-29-11-5-22(6-12-30-18-15-27-9-3-21)4-10-28-16-13-25-7-1-19(23)24;1-2/h1-18,20-21H2,(H,23,24);1-2H3. The van der Waals surface area contributed by atoms with Gasteiger partial charge in [-0.3, -0.25) is 9.69 Å². The molecule has 194 valence electrons. The van der Waals surface area contributed by atoms with Gasteiger partial charge in [-0.05, 0) is 0 Å². The van der Waals surface area contributed by atoms with Crippen molar-refractivity contribution < 1.29 is 38.3 Å². The molecule has 0 aromatic rings. The van der Waals surface area contributed by atoms with E-state index in [1.165, 1.54) is 0 Å². The maximum Gasteiger partial charge on any atom is 0.305 e. The average Bonchev–Trinajstić information content (AvgIpc) is 2.80. The number of rotatable bonds is 25. The Labute approximate surface area is 193 Å². The van der Waals surface area contributed by atoms with Crippen molar-refractivity contribution in [2.24, 2.45) is 11.5 Å². The molecule has 0 fully saturated rings. The molecule has 0 saturated carbocycles. The van der Waals surface area contributed by atoms with Crippen LogP contribution in [0.3, 0.4) is 0 Å². The smallest absolute Gasteiger partial charge is 0.305 e. The molecule has 0 aromatic carbocycles. The minimum absolute atomic E-state index is 0.00228. The average molecular weight is 470 g/mol. The van der Waals surface area contributed by atoms with Crippen LogP contribution in [0.25, 0.3) is 0 Å². The van der Waals surface area contributed by atoms with Gasteiger partial charge in [0.15, 0.2) is 0 Å². The van der Waals surface area contributed by atoms with E-state index in [9.17, 15) is 4.79 Å². The topological polar surface area (TPSA) is 148 Å². The second-order valence-electron chi connectivity index (χ2n) is 6.24. The lowest BCUT2D eigenvalue weighted by Crippen LogP contribution is -2.34. The van der Waals surface area contributed by atoms with E-state index >= 15 is 0 Å². The molecule has 0 heterocycles. The summed E-state index contributed by atoms with van der Waals surface area (Å²) in [6.07, 6.45) is 0.00228. The highest BCUT2D eigenvalue weighted by atomic mass is 16.5. The van der Waals surface area contributed by atoms with E-state index in [1.54, 1.807) is 0 Å². The second kappa shape index (κ2) is 30.1. The fourth-order valence-electron chi connectivity index (χ4n) is 2.21. The van der Waals surface area contributed by atoms with Crippen molar-refractivity contribution in [3.63, 3.8) is 0 Å². The van der Waals surface area contributed by atoms with Crippen molar-refractivity contribution >= 4 is 5.97 Å². The Kier molecular flexibility index (Phi) is 31.3. The highest BCUT2D eigenvalue weighted by Gasteiger charge is 2.06. The van der Waals surface area contributed by atoms with Gasteiger partial charge in [0, 0.05) is 32.7 Å². The summed E-state index contributed by atoms with van der Waals surface area (Å²) in [5.41, 5.74) is 10.7. The number of carbonyl (C=O) groups is 1. The Morgan fingerprint density at radius 1 is 0.594 bits per heavy atom. The largest absolute Gasteiger partial charge is 0.481 e. The highest BCUT2D eigenvalue weighted by molar-refractivity contribution is 5.66. The SMILES string of the molecule is CC.NCCOCCOCCN(CCOCCOCCN)CCOCCOCCC(=O)O. The predicted molar refractivity (Wildman–Crippen MR) is 123 cm³/mol. The molecule has 0 unspecified atom stereocenters. The molecular weight excluding hydrogens is 422 g/mol. The molecule has 11 nitrogen and oxygen atoms in total. The molecule has 0 saturated heterocycles. The lowest BCUT2D eigenvalue weighted by molar-refractivity contribution is -0.138. The Bertz CT molecular complexity index is 350. The Morgan fingerprint density at radius 3 is 1.22 bits per heavy atom. The number of carboxylic acid groups (broad SMARTS) is 1. The Hall–Kier alpha value is -0.890. The van der Waals surface area contributed by atoms with E-state index < -0.39 is 5.97 Å². The summed E-state index contributed by atoms with van der Waals surface area (Å²) < 4.78 is 32.5. The summed E-state index contributed by atoms with van der Waals surface area (Å²) in [4.78, 5) is 12.6. The van der Waals surface area contributed by atoms with Crippen LogP contribution < -0.4 is 11.5 Å². The quantitative estimate of drug-likeness (QED) is 0.153. The van der Waals surface area contributed by atoms with Crippen molar-refractivity contribution in [1.29, 1.82) is 0 Å². The molecule has 0 amide bonds. The van der Waals surface area contributed by atoms with E-state index in [-0.39, 0.29) is 13.0 Å². The molecule has 0 aliphatic carbocycles. The molecule has 0 atom stereocenters. The van der Waals surface area contributed by atoms with Gasteiger partial charge in [-0.15, -0.1) is 0 Å². The van der Waals surface area contributed by atoms with Gasteiger partial charge in [-0.2, -0.15) is 0 Å². The van der Waals surface area contributed by atoms with Gasteiger partial charge in [0.05, 0.1) is 85.7 Å². The Morgan fingerprint density at radius 2 is 0.906 bits per heavy atom. The summed E-state index contributed by atoms with van der Waals surface area (Å²) in [7, 11) is 0. The van der Waals surface area contributed by atoms with Crippen LogP contribution in [0.2, 0.25) is 0 Å². The van der Waals surface area contributed by atoms with Gasteiger partial charge in [-0.1, -0.05) is 13.8 Å². The van der Waals surface area contributed by atoms with Crippen LogP contribution in [0.1, 0.15) is 20.3 Å². The zero-order valence-corrected chi connectivity index (χ0v) is 20.1. The van der Waals surface area contributed by atoms with Crippen LogP contribution in [-0.4, -0.2) is 128 Å². The number of nitrogens with zero attached hydrogens (tertiary/aromatic N) is 1. The summed E-state index contributed by atoms with van der Waals surface area (Å²) in [6.45, 7) is 13.2. The van der Waals surface area contributed by atoms with Crippen molar-refractivity contribution in [3.05, 3.63) is 0 Å². The molecule has 11 heteroatoms. The zero-order valence-electron chi connectivity index (χ0n) is 20.1. The van der Waals surface area contributed by atoms with Gasteiger partial charge in [0.25, 0.3) is 0 Å². The normalized spacial score (nSPS) is 10.9. The molecule has 5 N–H and O–H groups in total. The summed E-state index contributed by atoms with van der Waals surface area (Å²) >= 11 is 0. The zero-order chi connectivity index (χ0) is 24.1. The predicted octanol–water partition coefficient (Wildman–Crippen LogP) is -0.194. The van der Waals surface area contributed by atoms with Gasteiger partial charge in [0.2, 0.25) is 0 Å². The minimum Gasteiger partial charge on any atom is -0.481 e. The van der Waals surface area contributed by atoms with Gasteiger partial charge in [-0.25, -0.2) is 0 Å². The third-order valence-electron chi connectivity index (χ3n) is 3.76. The fourth-order valence-corrected chi connectivity index (χ4v) is 2.21. The van der Waals surface area contributed by atoms with E-state index in [0.717, 1.165) is 19.6 Å². The lowest BCUT2D eigenvalue weighted by atomic mass is 10.4. The van der Waals surface area contributed by atoms with Crippen molar-refractivity contribution in [2.45, 2.75) is 20.3 Å². The summed E-state index contributed by atoms with van der Waals surface area (Å²) in [5.74, 6) is -0.868. The molecule has 0 spiro atoms. The first-order valence-corrected chi connectivity index (χ1v) is 11.5. The number of ether oxygens (including phenoxy) is 6. The lowest BCUT2D eigenvalue weighted by Gasteiger charge is -2.22. The Balaban J connectivity index is 0. The number of aliphatic carboxylic acids is 1. The van der Waals surface area contributed by atoms with Gasteiger partial charge < -0.3 is 45.0 Å². The molecule has 0 rings (SSSR count). The van der Waals surface area contributed by atoms with Crippen LogP contribution in [0.5, 0.6) is 0 Å². The van der Waals surface area contributed by atoms with Crippen LogP contribution in [-0.2, 0) is 33.2 Å². The van der Waals surface area contributed by atoms with Crippen LogP contribution in [0.15, 0.2) is 0 Å². The van der Waals surface area contributed by atoms with Gasteiger partial charge in [0.1, 0.15) is 0 Å². The first kappa shape index (κ1) is 33.3. The van der Waals surface area contributed by atoms with Crippen LogP contribution in [0.4, 0.5) is 0 Å². The highest BCUT2D eigenvalue weighted by Crippen LogP contribution is 1.93. The van der Waals surface area contributed by atoms with Crippen molar-refractivity contribution in [2.75, 3.05) is 112 Å². The number of hydrogen-bond acceptors (Lipinski definition) is 10. The number of nitrogens with two attached hydrogens (primary N) is 2. The van der Waals surface area contributed by atoms with Crippen molar-refractivity contribution in [1.82, 2.24) is 4.90 Å². The molecule has 32 heavy (non-hydrogen) atoms. The third kappa shape index (κ3) is 29.1. The van der Waals surface area contributed by atoms with Gasteiger partial charge >= 0.3 is 5.97 Å². The van der Waals surface area contributed by atoms with Crippen LogP contribution >= 0.6 is 0 Å².